The van der Waals surface area contributed by atoms with Crippen LogP contribution in [0.2, 0.25) is 0 Å². The van der Waals surface area contributed by atoms with E-state index in [-0.39, 0.29) is 12.5 Å². The van der Waals surface area contributed by atoms with Gasteiger partial charge in [-0.25, -0.2) is 0 Å². The summed E-state index contributed by atoms with van der Waals surface area (Å²) in [7, 11) is 3.20. The van der Waals surface area contributed by atoms with E-state index in [9.17, 15) is 4.79 Å². The lowest BCUT2D eigenvalue weighted by Gasteiger charge is -2.10. The quantitative estimate of drug-likeness (QED) is 0.340. The van der Waals surface area contributed by atoms with E-state index in [1.807, 2.05) is 53.2 Å². The van der Waals surface area contributed by atoms with Crippen molar-refractivity contribution >= 4 is 16.8 Å². The average Bonchev–Trinajstić information content (AvgIpc) is 3.64. The van der Waals surface area contributed by atoms with Gasteiger partial charge in [0, 0.05) is 23.6 Å². The van der Waals surface area contributed by atoms with Gasteiger partial charge in [-0.2, -0.15) is 0 Å². The Balaban J connectivity index is 1.29. The number of methoxy groups -OCH3 is 2. The van der Waals surface area contributed by atoms with Crippen LogP contribution in [0.25, 0.3) is 34.0 Å². The molecule has 0 fully saturated rings. The highest BCUT2D eigenvalue weighted by molar-refractivity contribution is 5.95. The summed E-state index contributed by atoms with van der Waals surface area (Å²) in [5.74, 6) is 2.41. The predicted molar refractivity (Wildman–Crippen MR) is 129 cm³/mol. The molecule has 0 atom stereocenters. The van der Waals surface area contributed by atoms with Gasteiger partial charge in [0.15, 0.2) is 17.3 Å². The van der Waals surface area contributed by atoms with Gasteiger partial charge in [-0.1, -0.05) is 24.3 Å². The molecule has 9 heteroatoms. The van der Waals surface area contributed by atoms with E-state index in [0.29, 0.717) is 42.0 Å². The number of carbonyl (C=O) groups is 1. The molecular formula is C26H24N4O5. The van der Waals surface area contributed by atoms with Gasteiger partial charge in [0.05, 0.1) is 26.0 Å². The van der Waals surface area contributed by atoms with Crippen molar-refractivity contribution in [3.8, 4) is 34.6 Å². The first-order chi connectivity index (χ1) is 17.2. The lowest BCUT2D eigenvalue weighted by Crippen LogP contribution is -2.29. The highest BCUT2D eigenvalue weighted by Crippen LogP contribution is 2.32. The number of benzene rings is 2. The minimum atomic E-state index is -0.0976. The molecule has 9 nitrogen and oxygen atoms in total. The zero-order valence-electron chi connectivity index (χ0n) is 19.4. The second-order valence-electron chi connectivity index (χ2n) is 7.87. The maximum absolute atomic E-state index is 12.7. The molecule has 0 saturated heterocycles. The summed E-state index contributed by atoms with van der Waals surface area (Å²) in [6.45, 7) is 0.655. The molecule has 5 aromatic rings. The standard InChI is InChI=1S/C26H24N4O5/c1-32-21-10-9-17(14-23(21)33-2)11-12-27-24(31)16-30-15-19(18-6-3-4-7-20(18)30)25-28-29-26(35-25)22-8-5-13-34-22/h3-10,13-15H,11-12,16H2,1-2H3,(H,27,31). The lowest BCUT2D eigenvalue weighted by atomic mass is 10.1. The van der Waals surface area contributed by atoms with Crippen LogP contribution in [0.15, 0.2) is 75.9 Å². The Labute approximate surface area is 201 Å². The van der Waals surface area contributed by atoms with E-state index in [2.05, 4.69) is 15.5 Å². The highest BCUT2D eigenvalue weighted by Gasteiger charge is 2.18. The maximum Gasteiger partial charge on any atom is 0.283 e. The van der Waals surface area contributed by atoms with Crippen LogP contribution in [-0.2, 0) is 17.8 Å². The Kier molecular flexibility index (Phi) is 6.21. The second-order valence-corrected chi connectivity index (χ2v) is 7.87. The Morgan fingerprint density at radius 3 is 2.63 bits per heavy atom. The third-order valence-electron chi connectivity index (χ3n) is 5.67. The fourth-order valence-corrected chi connectivity index (χ4v) is 3.97. The molecule has 5 rings (SSSR count). The van der Waals surface area contributed by atoms with Crippen LogP contribution in [0.4, 0.5) is 0 Å². The molecule has 0 radical (unpaired) electrons. The molecule has 0 aliphatic carbocycles. The lowest BCUT2D eigenvalue weighted by molar-refractivity contribution is -0.121. The first-order valence-corrected chi connectivity index (χ1v) is 11.1. The van der Waals surface area contributed by atoms with Gasteiger partial charge in [-0.05, 0) is 42.3 Å². The van der Waals surface area contributed by atoms with Crippen LogP contribution >= 0.6 is 0 Å². The van der Waals surface area contributed by atoms with E-state index >= 15 is 0 Å². The SMILES string of the molecule is COc1ccc(CCNC(=O)Cn2cc(-c3nnc(-c4ccco4)o3)c3ccccc32)cc1OC. The van der Waals surface area contributed by atoms with Crippen molar-refractivity contribution < 1.29 is 23.1 Å². The number of rotatable bonds is 9. The van der Waals surface area contributed by atoms with E-state index in [1.165, 1.54) is 0 Å². The van der Waals surface area contributed by atoms with Crippen molar-refractivity contribution in [1.29, 1.82) is 0 Å². The van der Waals surface area contributed by atoms with E-state index < -0.39 is 0 Å². The third-order valence-corrected chi connectivity index (χ3v) is 5.67. The summed E-state index contributed by atoms with van der Waals surface area (Å²) in [5, 5.41) is 12.2. The molecule has 3 heterocycles. The van der Waals surface area contributed by atoms with Crippen LogP contribution < -0.4 is 14.8 Å². The van der Waals surface area contributed by atoms with E-state index in [0.717, 1.165) is 22.0 Å². The Morgan fingerprint density at radius 1 is 1.00 bits per heavy atom. The summed E-state index contributed by atoms with van der Waals surface area (Å²) >= 11 is 0. The smallest absolute Gasteiger partial charge is 0.283 e. The van der Waals surface area contributed by atoms with Crippen LogP contribution in [0, 0.1) is 0 Å². The van der Waals surface area contributed by atoms with Crippen LogP contribution in [0.1, 0.15) is 5.56 Å². The van der Waals surface area contributed by atoms with Gasteiger partial charge in [-0.15, -0.1) is 10.2 Å². The largest absolute Gasteiger partial charge is 0.493 e. The molecule has 1 amide bonds. The zero-order valence-corrected chi connectivity index (χ0v) is 19.4. The normalized spacial score (nSPS) is 11.0. The number of hydrogen-bond donors (Lipinski definition) is 1. The molecule has 0 aliphatic rings. The Hall–Kier alpha value is -4.53. The molecule has 178 valence electrons. The Morgan fingerprint density at radius 2 is 1.83 bits per heavy atom. The van der Waals surface area contributed by atoms with Crippen LogP contribution in [0.5, 0.6) is 11.5 Å². The summed E-state index contributed by atoms with van der Waals surface area (Å²) in [5.41, 5.74) is 2.69. The molecule has 2 aromatic carbocycles. The van der Waals surface area contributed by atoms with Crippen molar-refractivity contribution in [2.24, 2.45) is 0 Å². The van der Waals surface area contributed by atoms with Gasteiger partial charge in [0.1, 0.15) is 6.54 Å². The van der Waals surface area contributed by atoms with Gasteiger partial charge in [-0.3, -0.25) is 4.79 Å². The third kappa shape index (κ3) is 4.61. The molecule has 0 bridgehead atoms. The highest BCUT2D eigenvalue weighted by atomic mass is 16.5. The van der Waals surface area contributed by atoms with Crippen molar-refractivity contribution in [3.63, 3.8) is 0 Å². The molecule has 0 spiro atoms. The predicted octanol–water partition coefficient (Wildman–Crippen LogP) is 4.33. The topological polar surface area (TPSA) is 105 Å². The summed E-state index contributed by atoms with van der Waals surface area (Å²) in [6, 6.07) is 17.0. The summed E-state index contributed by atoms with van der Waals surface area (Å²) in [6.07, 6.45) is 4.08. The van der Waals surface area contributed by atoms with Crippen molar-refractivity contribution in [3.05, 3.63) is 72.6 Å². The molecule has 0 unspecified atom stereocenters. The molecule has 0 saturated carbocycles. The maximum atomic E-state index is 12.7. The molecule has 1 N–H and O–H groups in total. The number of nitrogens with zero attached hydrogens (tertiary/aromatic N) is 3. The van der Waals surface area contributed by atoms with Gasteiger partial charge in [0.25, 0.3) is 5.89 Å². The van der Waals surface area contributed by atoms with E-state index in [1.54, 1.807) is 32.6 Å². The minimum Gasteiger partial charge on any atom is -0.493 e. The Bertz CT molecular complexity index is 1450. The fraction of sp³-hybridized carbons (Fsp3) is 0.192. The summed E-state index contributed by atoms with van der Waals surface area (Å²) in [4.78, 5) is 12.7. The van der Waals surface area contributed by atoms with Crippen LogP contribution in [-0.4, -0.2) is 41.4 Å². The second kappa shape index (κ2) is 9.76. The number of fused-ring (bicyclic) bond motifs is 1. The number of hydrogen-bond acceptors (Lipinski definition) is 7. The molecular weight excluding hydrogens is 448 g/mol. The number of nitrogens with one attached hydrogen (secondary N) is 1. The van der Waals surface area contributed by atoms with Gasteiger partial charge in [0.2, 0.25) is 11.8 Å². The van der Waals surface area contributed by atoms with Crippen molar-refractivity contribution in [2.45, 2.75) is 13.0 Å². The first-order valence-electron chi connectivity index (χ1n) is 11.1. The van der Waals surface area contributed by atoms with Crippen LogP contribution in [0.3, 0.4) is 0 Å². The van der Waals surface area contributed by atoms with Gasteiger partial charge >= 0.3 is 0 Å². The molecule has 0 aliphatic heterocycles. The number of amides is 1. The number of para-hydroxylation sites is 1. The molecule has 35 heavy (non-hydrogen) atoms. The fourth-order valence-electron chi connectivity index (χ4n) is 3.97. The minimum absolute atomic E-state index is 0.0976. The zero-order chi connectivity index (χ0) is 24.2. The number of carbonyl (C=O) groups excluding carboxylic acids is 1. The first kappa shape index (κ1) is 22.3. The summed E-state index contributed by atoms with van der Waals surface area (Å²) < 4.78 is 23.7. The number of ether oxygens (including phenoxy) is 2. The number of aromatic nitrogens is 3. The average molecular weight is 473 g/mol. The molecule has 3 aromatic heterocycles. The monoisotopic (exact) mass is 472 g/mol. The van der Waals surface area contributed by atoms with Crippen molar-refractivity contribution in [1.82, 2.24) is 20.1 Å². The van der Waals surface area contributed by atoms with Gasteiger partial charge < -0.3 is 28.2 Å². The van der Waals surface area contributed by atoms with Crippen molar-refractivity contribution in [2.75, 3.05) is 20.8 Å². The van der Waals surface area contributed by atoms with E-state index in [4.69, 9.17) is 18.3 Å². The number of furan rings is 1.